The molecule has 0 bridgehead atoms. The van der Waals surface area contributed by atoms with Crippen molar-refractivity contribution in [3.63, 3.8) is 0 Å². The summed E-state index contributed by atoms with van der Waals surface area (Å²) in [6.07, 6.45) is 3.99. The Labute approximate surface area is 228 Å². The Morgan fingerprint density at radius 1 is 1.13 bits per heavy atom. The van der Waals surface area contributed by atoms with E-state index >= 15 is 0 Å². The molecule has 1 aromatic rings. The number of piperidine rings is 1. The molecule has 1 saturated carbocycles. The maximum absolute atomic E-state index is 12.9. The van der Waals surface area contributed by atoms with Crippen LogP contribution in [0.3, 0.4) is 0 Å². The van der Waals surface area contributed by atoms with Gasteiger partial charge in [0.1, 0.15) is 0 Å². The first-order chi connectivity index (χ1) is 18.7. The number of benzene rings is 1. The van der Waals surface area contributed by atoms with E-state index in [2.05, 4.69) is 10.1 Å². The molecule has 4 rings (SSSR count). The molecule has 11 heteroatoms. The minimum absolute atomic E-state index is 0.00807. The fraction of sp³-hybridized carbons (Fsp3) is 0.679. The van der Waals surface area contributed by atoms with Gasteiger partial charge in [-0.1, -0.05) is 6.07 Å². The number of rotatable bonds is 10. The first kappa shape index (κ1) is 28.9. The highest BCUT2D eigenvalue weighted by Crippen LogP contribution is 2.38. The molecule has 9 nitrogen and oxygen atoms in total. The molecule has 0 aromatic heterocycles. The Balaban J connectivity index is 1.34. The van der Waals surface area contributed by atoms with Gasteiger partial charge in [0, 0.05) is 64.6 Å². The predicted molar refractivity (Wildman–Crippen MR) is 141 cm³/mol. The zero-order valence-corrected chi connectivity index (χ0v) is 23.0. The average molecular weight is 551 g/mol. The first-order valence-electron chi connectivity index (χ1n) is 13.9. The summed E-state index contributed by atoms with van der Waals surface area (Å²) in [4.78, 5) is 42.9. The van der Waals surface area contributed by atoms with E-state index in [0.29, 0.717) is 70.3 Å². The van der Waals surface area contributed by atoms with Gasteiger partial charge in [0.05, 0.1) is 6.61 Å². The number of carbonyl (C=O) groups excluding carboxylic acids is 3. The quantitative estimate of drug-likeness (QED) is 0.480. The molecule has 4 amide bonds. The second-order valence-corrected chi connectivity index (χ2v) is 10.9. The number of amides is 4. The van der Waals surface area contributed by atoms with E-state index in [4.69, 9.17) is 4.74 Å². The van der Waals surface area contributed by atoms with Crippen LogP contribution in [0.5, 0.6) is 11.5 Å². The van der Waals surface area contributed by atoms with E-state index in [1.807, 2.05) is 6.92 Å². The Kier molecular flexibility index (Phi) is 9.50. The van der Waals surface area contributed by atoms with Crippen LogP contribution < -0.4 is 14.8 Å². The zero-order valence-electron chi connectivity index (χ0n) is 23.0. The summed E-state index contributed by atoms with van der Waals surface area (Å²) in [5, 5.41) is 3.04. The summed E-state index contributed by atoms with van der Waals surface area (Å²) >= 11 is 0. The second-order valence-electron chi connectivity index (χ2n) is 10.9. The van der Waals surface area contributed by atoms with Crippen molar-refractivity contribution in [1.82, 2.24) is 20.0 Å². The molecule has 2 heterocycles. The smallest absolute Gasteiger partial charge is 0.387 e. The van der Waals surface area contributed by atoms with E-state index in [9.17, 15) is 23.2 Å². The van der Waals surface area contributed by atoms with E-state index in [1.165, 1.54) is 13.0 Å². The predicted octanol–water partition coefficient (Wildman–Crippen LogP) is 3.68. The molecule has 39 heavy (non-hydrogen) atoms. The largest absolute Gasteiger partial charge is 0.489 e. The van der Waals surface area contributed by atoms with Crippen molar-refractivity contribution in [2.24, 2.45) is 11.8 Å². The molecule has 0 spiro atoms. The van der Waals surface area contributed by atoms with Crippen molar-refractivity contribution in [2.45, 2.75) is 64.5 Å². The molecular formula is C28H40F2N4O5. The number of urea groups is 1. The van der Waals surface area contributed by atoms with Crippen molar-refractivity contribution in [2.75, 3.05) is 46.4 Å². The van der Waals surface area contributed by atoms with Crippen LogP contribution in [0.25, 0.3) is 0 Å². The number of ether oxygens (including phenoxy) is 2. The molecule has 1 N–H and O–H groups in total. The van der Waals surface area contributed by atoms with E-state index in [1.54, 1.807) is 33.9 Å². The monoisotopic (exact) mass is 550 g/mol. The van der Waals surface area contributed by atoms with Crippen LogP contribution in [-0.4, -0.2) is 91.6 Å². The van der Waals surface area contributed by atoms with Gasteiger partial charge in [-0.05, 0) is 62.6 Å². The van der Waals surface area contributed by atoms with Crippen LogP contribution in [0, 0.1) is 11.8 Å². The van der Waals surface area contributed by atoms with Crippen molar-refractivity contribution in [3.05, 3.63) is 23.8 Å². The molecule has 2 saturated heterocycles. The molecule has 2 atom stereocenters. The van der Waals surface area contributed by atoms with Gasteiger partial charge < -0.3 is 29.5 Å². The lowest BCUT2D eigenvalue weighted by Gasteiger charge is -2.34. The second kappa shape index (κ2) is 12.8. The van der Waals surface area contributed by atoms with Gasteiger partial charge in [0.25, 0.3) is 0 Å². The topological polar surface area (TPSA) is 91.4 Å². The van der Waals surface area contributed by atoms with Crippen LogP contribution in [0.2, 0.25) is 0 Å². The highest BCUT2D eigenvalue weighted by atomic mass is 19.3. The highest BCUT2D eigenvalue weighted by molar-refractivity contribution is 5.80. The fourth-order valence-corrected chi connectivity index (χ4v) is 5.39. The number of carbonyl (C=O) groups is 3. The Hall–Kier alpha value is -3.11. The number of nitrogens with zero attached hydrogens (tertiary/aromatic N) is 3. The number of alkyl halides is 2. The van der Waals surface area contributed by atoms with Crippen LogP contribution in [0.15, 0.2) is 18.2 Å². The van der Waals surface area contributed by atoms with Gasteiger partial charge in [-0.25, -0.2) is 4.79 Å². The fourth-order valence-electron chi connectivity index (χ4n) is 5.39. The normalized spacial score (nSPS) is 21.7. The Morgan fingerprint density at radius 2 is 1.85 bits per heavy atom. The summed E-state index contributed by atoms with van der Waals surface area (Å²) < 4.78 is 36.3. The Morgan fingerprint density at radius 3 is 2.46 bits per heavy atom. The molecule has 1 aromatic carbocycles. The van der Waals surface area contributed by atoms with Gasteiger partial charge >= 0.3 is 12.6 Å². The first-order valence-corrected chi connectivity index (χ1v) is 13.9. The molecule has 2 aliphatic heterocycles. The van der Waals surface area contributed by atoms with Gasteiger partial charge in [0.2, 0.25) is 11.8 Å². The standard InChI is InChI=1S/C28H40F2N4O5/c1-4-32(3)28(37)33-11-9-20(10-12-33)26(36)31-15-23-13-22(16-34(23)18(2)35)21-7-8-24(39-27(29)30)25(14-21)38-17-19-5-6-19/h7-8,14,19-20,22-23,27H,4-6,9-13,15-17H2,1-3H3,(H,31,36)/t22?,23-/m1/s1. The minimum atomic E-state index is -2.95. The van der Waals surface area contributed by atoms with Gasteiger partial charge in [-0.3, -0.25) is 9.59 Å². The van der Waals surface area contributed by atoms with Crippen molar-refractivity contribution >= 4 is 17.8 Å². The summed E-state index contributed by atoms with van der Waals surface area (Å²) in [5.74, 6) is 0.427. The number of nitrogens with one attached hydrogen (secondary N) is 1. The van der Waals surface area contributed by atoms with Crippen LogP contribution in [0.1, 0.15) is 57.4 Å². The lowest BCUT2D eigenvalue weighted by Crippen LogP contribution is -2.48. The third kappa shape index (κ3) is 7.51. The van der Waals surface area contributed by atoms with Crippen LogP contribution in [0.4, 0.5) is 13.6 Å². The number of hydrogen-bond acceptors (Lipinski definition) is 5. The summed E-state index contributed by atoms with van der Waals surface area (Å²) in [7, 11) is 1.77. The molecule has 1 unspecified atom stereocenters. The number of halogens is 2. The van der Waals surface area contributed by atoms with Crippen molar-refractivity contribution in [1.29, 1.82) is 0 Å². The van der Waals surface area contributed by atoms with Crippen LogP contribution >= 0.6 is 0 Å². The zero-order chi connectivity index (χ0) is 28.1. The molecule has 216 valence electrons. The van der Waals surface area contributed by atoms with E-state index < -0.39 is 6.61 Å². The molecule has 3 aliphatic rings. The van der Waals surface area contributed by atoms with E-state index in [0.717, 1.165) is 18.4 Å². The highest BCUT2D eigenvalue weighted by Gasteiger charge is 2.36. The summed E-state index contributed by atoms with van der Waals surface area (Å²) in [6, 6.07) is 4.81. The minimum Gasteiger partial charge on any atom is -0.489 e. The van der Waals surface area contributed by atoms with Gasteiger partial charge in [-0.2, -0.15) is 8.78 Å². The SMILES string of the molecule is CCN(C)C(=O)N1CCC(C(=O)NC[C@H]2CC(c3ccc(OC(F)F)c(OCC4CC4)c3)CN2C(C)=O)CC1. The lowest BCUT2D eigenvalue weighted by atomic mass is 9.95. The molecule has 3 fully saturated rings. The van der Waals surface area contributed by atoms with Crippen LogP contribution in [-0.2, 0) is 9.59 Å². The molecular weight excluding hydrogens is 510 g/mol. The van der Waals surface area contributed by atoms with Gasteiger partial charge in [0.15, 0.2) is 11.5 Å². The van der Waals surface area contributed by atoms with E-state index in [-0.39, 0.29) is 41.5 Å². The van der Waals surface area contributed by atoms with Crippen molar-refractivity contribution in [3.8, 4) is 11.5 Å². The number of likely N-dealkylation sites (tertiary alicyclic amines) is 2. The maximum atomic E-state index is 12.9. The maximum Gasteiger partial charge on any atom is 0.387 e. The van der Waals surface area contributed by atoms with Crippen molar-refractivity contribution < 1.29 is 32.6 Å². The summed E-state index contributed by atoms with van der Waals surface area (Å²) in [5.41, 5.74) is 0.886. The molecule has 1 aliphatic carbocycles. The third-order valence-corrected chi connectivity index (χ3v) is 8.09. The molecule has 0 radical (unpaired) electrons. The third-order valence-electron chi connectivity index (χ3n) is 8.09. The van der Waals surface area contributed by atoms with Gasteiger partial charge in [-0.15, -0.1) is 0 Å². The summed E-state index contributed by atoms with van der Waals surface area (Å²) in [6.45, 7) is 3.49. The Bertz CT molecular complexity index is 1030. The lowest BCUT2D eigenvalue weighted by molar-refractivity contribution is -0.131. The number of hydrogen-bond donors (Lipinski definition) is 1. The average Bonchev–Trinajstić information content (AvgIpc) is 3.66.